The van der Waals surface area contributed by atoms with Crippen LogP contribution in [-0.2, 0) is 18.9 Å². The van der Waals surface area contributed by atoms with E-state index in [-0.39, 0.29) is 29.8 Å². The molecule has 0 amide bonds. The Balaban J connectivity index is 0.000000124. The van der Waals surface area contributed by atoms with E-state index in [2.05, 4.69) is 164 Å². The molecule has 2 atom stereocenters. The lowest BCUT2D eigenvalue weighted by molar-refractivity contribution is -0.139. The van der Waals surface area contributed by atoms with Crippen LogP contribution in [0.3, 0.4) is 0 Å². The van der Waals surface area contributed by atoms with E-state index in [4.69, 9.17) is 9.47 Å². The van der Waals surface area contributed by atoms with Gasteiger partial charge in [-0.3, -0.25) is 23.7 Å². The topological polar surface area (TPSA) is 357 Å². The number of methoxy groups -OCH3 is 2. The van der Waals surface area contributed by atoms with Gasteiger partial charge in [0.05, 0.1) is 149 Å². The van der Waals surface area contributed by atoms with Crippen molar-refractivity contribution < 1.29 is 35.8 Å². The highest BCUT2D eigenvalue weighted by Gasteiger charge is 2.39. The number of halogens is 8. The minimum Gasteiger partial charge on any atom is -0.480 e. The molecule has 550 valence electrons. The number of aromatic nitrogens is 24. The lowest BCUT2D eigenvalue weighted by Crippen LogP contribution is -2.31. The number of nitrogens with zero attached hydrogens (tertiary/aromatic N) is 25. The van der Waals surface area contributed by atoms with E-state index in [1.807, 2.05) is 62.0 Å². The lowest BCUT2D eigenvalue weighted by atomic mass is 9.87. The highest BCUT2D eigenvalue weighted by molar-refractivity contribution is 9.11. The van der Waals surface area contributed by atoms with Gasteiger partial charge in [0.25, 0.3) is 0 Å². The van der Waals surface area contributed by atoms with Crippen LogP contribution >= 0.6 is 31.9 Å². The van der Waals surface area contributed by atoms with Crippen LogP contribution in [0.4, 0.5) is 84.5 Å². The van der Waals surface area contributed by atoms with Gasteiger partial charge in [0.2, 0.25) is 35.6 Å². The van der Waals surface area contributed by atoms with Crippen molar-refractivity contribution in [2.45, 2.75) is 135 Å². The predicted octanol–water partition coefficient (Wildman–Crippen LogP) is 12.2. The minimum atomic E-state index is -4.59. The van der Waals surface area contributed by atoms with E-state index in [0.717, 1.165) is 109 Å². The highest BCUT2D eigenvalue weighted by Crippen LogP contribution is 2.45. The van der Waals surface area contributed by atoms with Crippen LogP contribution in [-0.4, -0.2) is 159 Å². The maximum Gasteiger partial charge on any atom is 0.423 e. The number of hydrogen-bond donors (Lipinski definition) is 6. The summed E-state index contributed by atoms with van der Waals surface area (Å²) in [5, 5.41) is 53.0. The Bertz CT molecular complexity index is 4750. The fraction of sp³-hybridized carbons (Fsp3) is 0.406. The first-order valence-corrected chi connectivity index (χ1v) is 34.8. The molecule has 3 aliphatic carbocycles. The first-order chi connectivity index (χ1) is 50.5. The van der Waals surface area contributed by atoms with Crippen LogP contribution in [0.5, 0.6) is 11.8 Å². The standard InChI is InChI=1S/C18H20F3N7.C16H16F3N7O.C15H18BrN9.C15H17BrN8O/c1-3-23-16-13(18(19,20)21)8-24-17(26-16)25-14-9-28(27-10(14)2)15-5-4-11-6-22-7-12(11)15;1-9-11(8-26(24-9)12-3-5-25-6-4-20-13(12)25)22-15-21-7-10(16(17,18)19)14(23-15)27-2;1-9-13(22-15-18-7-12(16)14(17-2)23-15)8-21-24(9)10-5-11(6-10)25-19-3-4-20-25;1-9-13(21-15-17-7-12(16)14(22-15)25-2)8-20-23(9)10-5-11(6-10)24-18-3-4-19-24/h6,8-9,15H,3-5,7H2,1-2H3,(H2,23,24,25,26);4,6-8,12H,3,5H2,1-2H3,(H,21,22,23);3-4,7-8,10-11H,5-6H2,1-2H3,(H2,17,18,22,23);3-4,7-8,10-11H,5-6H2,1-2H3,(H,17,21,22). The Labute approximate surface area is 611 Å². The van der Waals surface area contributed by atoms with E-state index in [1.165, 1.54) is 11.1 Å². The molecule has 33 nitrogen and oxygen atoms in total. The summed E-state index contributed by atoms with van der Waals surface area (Å²) in [4.78, 5) is 44.9. The first-order valence-electron chi connectivity index (χ1n) is 33.2. The third kappa shape index (κ3) is 15.9. The predicted molar refractivity (Wildman–Crippen MR) is 380 cm³/mol. The van der Waals surface area contributed by atoms with E-state index >= 15 is 0 Å². The number of hydrogen-bond acceptors (Lipinski definition) is 26. The molecule has 11 aromatic rings. The number of aliphatic imine (C=N–C) groups is 1. The molecular weight excluding hydrogens is 1510 g/mol. The molecule has 2 fully saturated rings. The quantitative estimate of drug-likeness (QED) is 0.0410. The molecule has 16 rings (SSSR count). The average molecular weight is 1580 g/mol. The molecule has 2 aliphatic heterocycles. The zero-order chi connectivity index (χ0) is 73.8. The van der Waals surface area contributed by atoms with Gasteiger partial charge in [-0.1, -0.05) is 0 Å². The molecule has 0 aromatic carbocycles. The average Bonchev–Trinajstić information content (AvgIpc) is 1.64. The Kier molecular flexibility index (Phi) is 21.2. The zero-order valence-corrected chi connectivity index (χ0v) is 60.9. The number of ether oxygens (including phenoxy) is 2. The van der Waals surface area contributed by atoms with Gasteiger partial charge in [-0.2, -0.15) is 96.7 Å². The second kappa shape index (κ2) is 30.7. The Morgan fingerprint density at radius 1 is 0.543 bits per heavy atom. The molecule has 5 aliphatic rings. The molecule has 2 unspecified atom stereocenters. The molecule has 0 saturated heterocycles. The third-order valence-corrected chi connectivity index (χ3v) is 19.3. The van der Waals surface area contributed by atoms with Crippen LogP contribution in [0.2, 0.25) is 0 Å². The summed E-state index contributed by atoms with van der Waals surface area (Å²) >= 11 is 6.75. The fourth-order valence-corrected chi connectivity index (χ4v) is 13.4. The summed E-state index contributed by atoms with van der Waals surface area (Å²) in [6, 6.07) is 1.60. The molecule has 11 aromatic heterocycles. The molecule has 41 heteroatoms. The second-order valence-corrected chi connectivity index (χ2v) is 26.5. The lowest BCUT2D eigenvalue weighted by Gasteiger charge is -2.35. The van der Waals surface area contributed by atoms with Crippen LogP contribution < -0.4 is 41.4 Å². The number of allylic oxidation sites excluding steroid dienone is 1. The third-order valence-electron chi connectivity index (χ3n) is 18.2. The van der Waals surface area contributed by atoms with Gasteiger partial charge >= 0.3 is 12.4 Å². The van der Waals surface area contributed by atoms with Crippen LogP contribution in [0, 0.1) is 27.7 Å². The summed E-state index contributed by atoms with van der Waals surface area (Å²) in [6.07, 6.45) is 22.2. The van der Waals surface area contributed by atoms with Crippen molar-refractivity contribution in [1.82, 2.24) is 119 Å². The van der Waals surface area contributed by atoms with E-state index in [1.54, 1.807) is 91.0 Å². The number of nitrogens with one attached hydrogen (secondary N) is 6. The minimum absolute atomic E-state index is 0.00424. The van der Waals surface area contributed by atoms with Gasteiger partial charge < -0.3 is 45.9 Å². The Morgan fingerprint density at radius 3 is 1.57 bits per heavy atom. The fourth-order valence-electron chi connectivity index (χ4n) is 12.6. The van der Waals surface area contributed by atoms with Crippen molar-refractivity contribution in [1.29, 1.82) is 0 Å². The highest BCUT2D eigenvalue weighted by atomic mass is 79.9. The molecule has 2 saturated carbocycles. The molecule has 105 heavy (non-hydrogen) atoms. The largest absolute Gasteiger partial charge is 0.480 e. The number of anilines is 10. The monoisotopic (exact) mass is 1580 g/mol. The van der Waals surface area contributed by atoms with Gasteiger partial charge in [0.15, 0.2) is 0 Å². The van der Waals surface area contributed by atoms with Crippen molar-refractivity contribution in [2.24, 2.45) is 4.99 Å². The zero-order valence-electron chi connectivity index (χ0n) is 57.7. The van der Waals surface area contributed by atoms with Gasteiger partial charge in [0.1, 0.15) is 34.6 Å². The van der Waals surface area contributed by atoms with E-state index in [0.29, 0.717) is 82.8 Å². The molecule has 0 radical (unpaired) electrons. The summed E-state index contributed by atoms with van der Waals surface area (Å²) < 4.78 is 99.4. The van der Waals surface area contributed by atoms with Crippen molar-refractivity contribution in [3.8, 4) is 11.8 Å². The number of alkyl halides is 6. The Morgan fingerprint density at radius 2 is 1.04 bits per heavy atom. The van der Waals surface area contributed by atoms with Gasteiger partial charge in [-0.05, 0) is 123 Å². The smallest absolute Gasteiger partial charge is 0.423 e. The van der Waals surface area contributed by atoms with Gasteiger partial charge in [-0.25, -0.2) is 24.9 Å². The van der Waals surface area contributed by atoms with Crippen molar-refractivity contribution in [2.75, 3.05) is 66.3 Å². The summed E-state index contributed by atoms with van der Waals surface area (Å²) in [5.74, 6) is 2.44. The number of imidazole rings is 1. The van der Waals surface area contributed by atoms with Crippen LogP contribution in [0.15, 0.2) is 112 Å². The molecule has 13 heterocycles. The Hall–Kier alpha value is -11.0. The number of aryl methyl sites for hydroxylation is 3. The van der Waals surface area contributed by atoms with Gasteiger partial charge in [-0.15, -0.1) is 0 Å². The summed E-state index contributed by atoms with van der Waals surface area (Å²) in [6.45, 7) is 11.3. The van der Waals surface area contributed by atoms with Crippen molar-refractivity contribution >= 4 is 96.3 Å². The van der Waals surface area contributed by atoms with E-state index < -0.39 is 29.4 Å². The van der Waals surface area contributed by atoms with Crippen molar-refractivity contribution in [3.63, 3.8) is 0 Å². The maximum absolute atomic E-state index is 13.1. The second-order valence-electron chi connectivity index (χ2n) is 24.8. The normalized spacial score (nSPS) is 18.5. The van der Waals surface area contributed by atoms with Crippen LogP contribution in [0.1, 0.15) is 128 Å². The van der Waals surface area contributed by atoms with Gasteiger partial charge in [0, 0.05) is 69.7 Å². The molecular formula is C64H71Br2F6N31O2. The SMILES string of the molecule is CCNc1nc(Nc2cn(C3CCC4=C3CN=C4)nc2C)ncc1C(F)(F)F.CNc1nc(Nc2cnn(C3CC(n4nccn4)C3)c2C)ncc1Br.COc1nc(Nc2cn(C3CCn4ccnc43)nc2C)ncc1C(F)(F)F.COc1nc(Nc2cnn(C3CC(n4nccn4)C3)c2C)ncc1Br. The van der Waals surface area contributed by atoms with Crippen LogP contribution in [0.25, 0.3) is 0 Å². The molecule has 0 spiro atoms. The summed E-state index contributed by atoms with van der Waals surface area (Å²) in [5.41, 5.74) is 7.20. The number of rotatable bonds is 19. The number of fused-ring (bicyclic) bond motifs is 1. The first kappa shape index (κ1) is 72.4. The molecule has 0 bridgehead atoms. The summed E-state index contributed by atoms with van der Waals surface area (Å²) in [7, 11) is 4.52. The van der Waals surface area contributed by atoms with Crippen molar-refractivity contribution in [3.05, 3.63) is 147 Å². The molecule has 6 N–H and O–H groups in total. The van der Waals surface area contributed by atoms with E-state index in [9.17, 15) is 26.3 Å². The maximum atomic E-state index is 13.1.